The van der Waals surface area contributed by atoms with E-state index in [1.165, 1.54) is 5.01 Å². The number of nitrogens with one attached hydrogen (secondary N) is 2. The fourth-order valence-electron chi connectivity index (χ4n) is 2.74. The van der Waals surface area contributed by atoms with Crippen LogP contribution in [-0.2, 0) is 14.4 Å². The van der Waals surface area contributed by atoms with E-state index in [9.17, 15) is 19.5 Å². The van der Waals surface area contributed by atoms with Gasteiger partial charge >= 0.3 is 5.97 Å². The van der Waals surface area contributed by atoms with Crippen molar-refractivity contribution in [1.82, 2.24) is 10.6 Å². The fraction of sp³-hybridized carbons (Fsp3) is 0.444. The molecule has 1 aliphatic heterocycles. The molecule has 1 fully saturated rings. The third kappa shape index (κ3) is 4.59. The van der Waals surface area contributed by atoms with Crippen LogP contribution in [0.25, 0.3) is 0 Å². The van der Waals surface area contributed by atoms with Gasteiger partial charge in [0.1, 0.15) is 5.71 Å². The molecule has 1 aromatic rings. The summed E-state index contributed by atoms with van der Waals surface area (Å²) in [5, 5.41) is 20.6. The molecular formula is C18H22N4O4. The molecule has 1 aromatic carbocycles. The summed E-state index contributed by atoms with van der Waals surface area (Å²) in [6, 6.07) is 8.33. The average molecular weight is 358 g/mol. The number of amides is 2. The molecular weight excluding hydrogens is 336 g/mol. The van der Waals surface area contributed by atoms with Gasteiger partial charge in [-0.15, -0.1) is 0 Å². The Morgan fingerprint density at radius 3 is 2.58 bits per heavy atom. The van der Waals surface area contributed by atoms with E-state index in [0.29, 0.717) is 31.1 Å². The van der Waals surface area contributed by atoms with Crippen molar-refractivity contribution < 1.29 is 19.5 Å². The highest BCUT2D eigenvalue weighted by Gasteiger charge is 2.36. The molecule has 3 rings (SSSR count). The van der Waals surface area contributed by atoms with Gasteiger partial charge in [-0.3, -0.25) is 14.6 Å². The molecule has 138 valence electrons. The van der Waals surface area contributed by atoms with Gasteiger partial charge in [0.15, 0.2) is 6.04 Å². The maximum Gasteiger partial charge on any atom is 0.328 e. The smallest absolute Gasteiger partial charge is 0.328 e. The average Bonchev–Trinajstić information content (AvgIpc) is 3.32. The second-order valence-corrected chi connectivity index (χ2v) is 6.49. The van der Waals surface area contributed by atoms with Gasteiger partial charge in [0.05, 0.1) is 5.69 Å². The maximum absolute atomic E-state index is 12.3. The number of aliphatic carboxylic acids is 1. The first-order chi connectivity index (χ1) is 12.5. The summed E-state index contributed by atoms with van der Waals surface area (Å²) < 4.78 is 0. The number of carbonyl (C=O) groups is 3. The molecule has 1 atom stereocenters. The number of carboxylic acids is 1. The quantitative estimate of drug-likeness (QED) is 0.598. The van der Waals surface area contributed by atoms with Crippen LogP contribution in [-0.4, -0.2) is 47.2 Å². The van der Waals surface area contributed by atoms with Crippen molar-refractivity contribution in [2.75, 3.05) is 11.6 Å². The summed E-state index contributed by atoms with van der Waals surface area (Å²) in [6.07, 6.45) is 3.02. The van der Waals surface area contributed by atoms with E-state index in [-0.39, 0.29) is 18.0 Å². The maximum atomic E-state index is 12.3. The van der Waals surface area contributed by atoms with Crippen molar-refractivity contribution >= 4 is 29.2 Å². The Balaban J connectivity index is 1.51. The van der Waals surface area contributed by atoms with E-state index in [1.54, 1.807) is 24.3 Å². The lowest BCUT2D eigenvalue weighted by atomic mass is 10.1. The Hall–Kier alpha value is -2.90. The van der Waals surface area contributed by atoms with Gasteiger partial charge in [-0.25, -0.2) is 4.79 Å². The molecule has 8 nitrogen and oxygen atoms in total. The number of rotatable bonds is 8. The van der Waals surface area contributed by atoms with Crippen LogP contribution in [0.1, 0.15) is 32.1 Å². The van der Waals surface area contributed by atoms with Gasteiger partial charge in [-0.2, -0.15) is 5.10 Å². The molecule has 1 saturated carbocycles. The van der Waals surface area contributed by atoms with Crippen LogP contribution in [0.4, 0.5) is 5.69 Å². The number of carboxylic acid groups (broad SMARTS) is 1. The zero-order chi connectivity index (χ0) is 18.5. The number of benzene rings is 1. The van der Waals surface area contributed by atoms with Gasteiger partial charge in [-0.1, -0.05) is 18.2 Å². The first-order valence-corrected chi connectivity index (χ1v) is 8.76. The molecule has 0 saturated heterocycles. The molecule has 1 heterocycles. The summed E-state index contributed by atoms with van der Waals surface area (Å²) in [6.45, 7) is 0.346. The Labute approximate surface area is 151 Å². The molecule has 0 bridgehead atoms. The van der Waals surface area contributed by atoms with E-state index in [1.807, 2.05) is 6.07 Å². The first-order valence-electron chi connectivity index (χ1n) is 8.76. The van der Waals surface area contributed by atoms with Crippen LogP contribution < -0.4 is 15.6 Å². The lowest BCUT2D eigenvalue weighted by Crippen LogP contribution is -2.35. The van der Waals surface area contributed by atoms with Gasteiger partial charge in [0.2, 0.25) is 5.91 Å². The minimum absolute atomic E-state index is 0.00106. The highest BCUT2D eigenvalue weighted by atomic mass is 16.4. The van der Waals surface area contributed by atoms with Crippen molar-refractivity contribution in [3.63, 3.8) is 0 Å². The molecule has 0 aromatic heterocycles. The summed E-state index contributed by atoms with van der Waals surface area (Å²) in [7, 11) is 0. The number of hydrogen-bond acceptors (Lipinski definition) is 5. The zero-order valence-corrected chi connectivity index (χ0v) is 14.4. The number of anilines is 1. The standard InChI is InChI=1S/C18H22N4O4/c23-16(20-12-8-9-12)7-4-10-19-17(24)14-11-15(18(25)26)22(21-14)13-5-2-1-3-6-13/h1-3,5-6,12,15H,4,7-11H2,(H,19,24)(H,20,23)(H,25,26). The Kier molecular flexibility index (Phi) is 5.50. The summed E-state index contributed by atoms with van der Waals surface area (Å²) in [5.74, 6) is -1.42. The Morgan fingerprint density at radius 2 is 1.92 bits per heavy atom. The molecule has 1 aliphatic carbocycles. The molecule has 0 spiro atoms. The normalized spacial score (nSPS) is 19.0. The van der Waals surface area contributed by atoms with Crippen LogP contribution in [0.15, 0.2) is 35.4 Å². The van der Waals surface area contributed by atoms with Gasteiger partial charge in [0.25, 0.3) is 5.91 Å². The second kappa shape index (κ2) is 7.99. The lowest BCUT2D eigenvalue weighted by molar-refractivity contribution is -0.138. The summed E-state index contributed by atoms with van der Waals surface area (Å²) in [4.78, 5) is 35.3. The lowest BCUT2D eigenvalue weighted by Gasteiger charge is -2.19. The molecule has 3 N–H and O–H groups in total. The highest BCUT2D eigenvalue weighted by molar-refractivity contribution is 6.40. The van der Waals surface area contributed by atoms with Crippen LogP contribution in [0.5, 0.6) is 0 Å². The molecule has 1 unspecified atom stereocenters. The van der Waals surface area contributed by atoms with E-state index in [0.717, 1.165) is 12.8 Å². The third-order valence-electron chi connectivity index (χ3n) is 4.29. The van der Waals surface area contributed by atoms with Gasteiger partial charge in [0, 0.05) is 25.4 Å². The van der Waals surface area contributed by atoms with Crippen molar-refractivity contribution in [2.24, 2.45) is 5.10 Å². The zero-order valence-electron chi connectivity index (χ0n) is 14.4. The van der Waals surface area contributed by atoms with Crippen molar-refractivity contribution in [3.05, 3.63) is 30.3 Å². The number of para-hydroxylation sites is 1. The predicted octanol–water partition coefficient (Wildman–Crippen LogP) is 0.881. The SMILES string of the molecule is O=C(CCCNC(=O)C1=NN(c2ccccc2)C(C(=O)O)C1)NC1CC1. The van der Waals surface area contributed by atoms with Gasteiger partial charge in [-0.05, 0) is 31.4 Å². The molecule has 26 heavy (non-hydrogen) atoms. The fourth-order valence-corrected chi connectivity index (χ4v) is 2.74. The topological polar surface area (TPSA) is 111 Å². The largest absolute Gasteiger partial charge is 0.480 e. The van der Waals surface area contributed by atoms with Crippen molar-refractivity contribution in [2.45, 2.75) is 44.2 Å². The predicted molar refractivity (Wildman–Crippen MR) is 95.8 cm³/mol. The second-order valence-electron chi connectivity index (χ2n) is 6.49. The molecule has 8 heteroatoms. The Bertz CT molecular complexity index is 715. The van der Waals surface area contributed by atoms with Gasteiger partial charge < -0.3 is 15.7 Å². The van der Waals surface area contributed by atoms with E-state index >= 15 is 0 Å². The number of carbonyl (C=O) groups excluding carboxylic acids is 2. The number of hydrogen-bond donors (Lipinski definition) is 3. The molecule has 2 aliphatic rings. The highest BCUT2D eigenvalue weighted by Crippen LogP contribution is 2.24. The third-order valence-corrected chi connectivity index (χ3v) is 4.29. The van der Waals surface area contributed by atoms with E-state index in [2.05, 4.69) is 15.7 Å². The first kappa shape index (κ1) is 17.9. The number of nitrogens with zero attached hydrogens (tertiary/aromatic N) is 2. The van der Waals surface area contributed by atoms with Crippen LogP contribution >= 0.6 is 0 Å². The minimum atomic E-state index is -1.03. The summed E-state index contributed by atoms with van der Waals surface area (Å²) >= 11 is 0. The van der Waals surface area contributed by atoms with Crippen molar-refractivity contribution in [1.29, 1.82) is 0 Å². The van der Waals surface area contributed by atoms with Crippen LogP contribution in [0.2, 0.25) is 0 Å². The molecule has 0 radical (unpaired) electrons. The van der Waals surface area contributed by atoms with E-state index < -0.39 is 17.9 Å². The number of hydrazone groups is 1. The van der Waals surface area contributed by atoms with Crippen LogP contribution in [0, 0.1) is 0 Å². The van der Waals surface area contributed by atoms with Crippen LogP contribution in [0.3, 0.4) is 0 Å². The summed E-state index contributed by atoms with van der Waals surface area (Å²) in [5.41, 5.74) is 0.808. The Morgan fingerprint density at radius 1 is 1.19 bits per heavy atom. The van der Waals surface area contributed by atoms with E-state index in [4.69, 9.17) is 0 Å². The monoisotopic (exact) mass is 358 g/mol. The minimum Gasteiger partial charge on any atom is -0.480 e. The van der Waals surface area contributed by atoms with Crippen molar-refractivity contribution in [3.8, 4) is 0 Å². The molecule has 2 amide bonds.